The molecule has 0 saturated carbocycles. The van der Waals surface area contributed by atoms with Gasteiger partial charge < -0.3 is 10.4 Å². The molecule has 1 aliphatic rings. The van der Waals surface area contributed by atoms with E-state index in [4.69, 9.17) is 0 Å². The molecule has 0 aromatic carbocycles. The Hall–Kier alpha value is -1.60. The van der Waals surface area contributed by atoms with Gasteiger partial charge in [-0.25, -0.2) is 4.98 Å². The third-order valence-electron chi connectivity index (χ3n) is 3.61. The van der Waals surface area contributed by atoms with Gasteiger partial charge >= 0.3 is 0 Å². The number of aliphatic hydroxyl groups excluding tert-OH is 1. The number of nitrogens with one attached hydrogen (secondary N) is 1. The first-order chi connectivity index (χ1) is 9.17. The molecule has 0 fully saturated rings. The molecule has 4 heteroatoms. The summed E-state index contributed by atoms with van der Waals surface area (Å²) >= 11 is 0. The number of fused-ring (bicyclic) bond motifs is 1. The molecule has 2 rings (SSSR count). The molecule has 1 aromatic heterocycles. The van der Waals surface area contributed by atoms with Crippen LogP contribution in [0.3, 0.4) is 0 Å². The molecule has 2 N–H and O–H groups in total. The Morgan fingerprint density at radius 1 is 1.37 bits per heavy atom. The maximum absolute atomic E-state index is 9.41. The van der Waals surface area contributed by atoms with Gasteiger partial charge in [-0.3, -0.25) is 0 Å². The number of pyridine rings is 1. The van der Waals surface area contributed by atoms with Gasteiger partial charge in [0, 0.05) is 12.2 Å². The van der Waals surface area contributed by atoms with Crippen LogP contribution in [0.1, 0.15) is 49.1 Å². The molecular formula is C15H21N3O. The van der Waals surface area contributed by atoms with Crippen molar-refractivity contribution < 1.29 is 5.11 Å². The lowest BCUT2D eigenvalue weighted by Crippen LogP contribution is -2.19. The van der Waals surface area contributed by atoms with E-state index in [1.165, 1.54) is 17.5 Å². The minimum absolute atomic E-state index is 0.420. The van der Waals surface area contributed by atoms with E-state index in [-0.39, 0.29) is 0 Å². The summed E-state index contributed by atoms with van der Waals surface area (Å²) in [5.41, 5.74) is 4.23. The Bertz CT molecular complexity index is 503. The van der Waals surface area contributed by atoms with Crippen molar-refractivity contribution in [2.75, 3.05) is 11.9 Å². The quantitative estimate of drug-likeness (QED) is 0.869. The monoisotopic (exact) mass is 259 g/mol. The van der Waals surface area contributed by atoms with Crippen LogP contribution in [0, 0.1) is 11.3 Å². The second kappa shape index (κ2) is 6.03. The maximum atomic E-state index is 9.41. The van der Waals surface area contributed by atoms with Crippen molar-refractivity contribution in [3.05, 3.63) is 22.4 Å². The zero-order valence-corrected chi connectivity index (χ0v) is 11.7. The lowest BCUT2D eigenvalue weighted by atomic mass is 9.87. The van der Waals surface area contributed by atoms with E-state index < -0.39 is 6.10 Å². The molecule has 19 heavy (non-hydrogen) atoms. The number of nitriles is 1. The molecule has 102 valence electrons. The van der Waals surface area contributed by atoms with Crippen molar-refractivity contribution in [3.8, 4) is 6.07 Å². The van der Waals surface area contributed by atoms with E-state index in [1.807, 2.05) is 0 Å². The lowest BCUT2D eigenvalue weighted by molar-refractivity contribution is 0.208. The summed E-state index contributed by atoms with van der Waals surface area (Å²) in [6.07, 6.45) is 4.78. The average Bonchev–Trinajstić information content (AvgIpc) is 2.43. The smallest absolute Gasteiger partial charge is 0.144 e. The molecule has 0 bridgehead atoms. The molecule has 0 spiro atoms. The third-order valence-corrected chi connectivity index (χ3v) is 3.61. The predicted molar refractivity (Wildman–Crippen MR) is 75.1 cm³/mol. The van der Waals surface area contributed by atoms with Crippen molar-refractivity contribution in [2.24, 2.45) is 0 Å². The van der Waals surface area contributed by atoms with Crippen LogP contribution in [-0.4, -0.2) is 22.7 Å². The fourth-order valence-electron chi connectivity index (χ4n) is 2.69. The topological polar surface area (TPSA) is 68.9 Å². The molecule has 1 aliphatic carbocycles. The summed E-state index contributed by atoms with van der Waals surface area (Å²) in [4.78, 5) is 4.60. The van der Waals surface area contributed by atoms with E-state index in [1.54, 1.807) is 6.92 Å². The van der Waals surface area contributed by atoms with Crippen molar-refractivity contribution in [2.45, 2.75) is 52.1 Å². The zero-order chi connectivity index (χ0) is 13.8. The van der Waals surface area contributed by atoms with E-state index in [9.17, 15) is 10.4 Å². The Labute approximate surface area is 114 Å². The highest BCUT2D eigenvalue weighted by Crippen LogP contribution is 2.30. The molecule has 0 aliphatic heterocycles. The molecule has 0 saturated heterocycles. The average molecular weight is 259 g/mol. The summed E-state index contributed by atoms with van der Waals surface area (Å²) in [5, 5.41) is 21.9. The van der Waals surface area contributed by atoms with Crippen molar-refractivity contribution >= 4 is 5.82 Å². The van der Waals surface area contributed by atoms with Crippen molar-refractivity contribution in [3.63, 3.8) is 0 Å². The van der Waals surface area contributed by atoms with Crippen LogP contribution < -0.4 is 5.32 Å². The maximum Gasteiger partial charge on any atom is 0.144 e. The molecule has 1 atom stereocenters. The highest BCUT2D eigenvalue weighted by Gasteiger charge is 2.21. The van der Waals surface area contributed by atoms with Gasteiger partial charge in [0.25, 0.3) is 0 Å². The summed E-state index contributed by atoms with van der Waals surface area (Å²) in [5.74, 6) is 0.640. The number of aliphatic hydroxyl groups is 1. The standard InChI is InChI=1S/C15H21N3O/c1-3-14-12-7-5-4-6-11(12)13(8-16)15(18-14)17-9-10(2)19/h10,19H,3-7,9H2,1-2H3,(H,17,18)/t10-/m0/s1. The molecular weight excluding hydrogens is 238 g/mol. The molecule has 0 amide bonds. The third kappa shape index (κ3) is 2.87. The van der Waals surface area contributed by atoms with Crippen LogP contribution in [0.5, 0.6) is 0 Å². The van der Waals surface area contributed by atoms with Crippen molar-refractivity contribution in [1.29, 1.82) is 5.26 Å². The SMILES string of the molecule is CCc1nc(NC[C@H](C)O)c(C#N)c2c1CCCC2. The van der Waals surface area contributed by atoms with Crippen LogP contribution in [0.15, 0.2) is 0 Å². The largest absolute Gasteiger partial charge is 0.392 e. The van der Waals surface area contributed by atoms with Gasteiger partial charge in [0.1, 0.15) is 11.9 Å². The van der Waals surface area contributed by atoms with Crippen LogP contribution in [0.4, 0.5) is 5.82 Å². The van der Waals surface area contributed by atoms with Crippen molar-refractivity contribution in [1.82, 2.24) is 4.98 Å². The Kier molecular flexibility index (Phi) is 4.39. The number of aryl methyl sites for hydroxylation is 1. The van der Waals surface area contributed by atoms with E-state index in [0.717, 1.165) is 31.4 Å². The van der Waals surface area contributed by atoms with Crippen LogP contribution in [0.25, 0.3) is 0 Å². The number of hydrogen-bond donors (Lipinski definition) is 2. The van der Waals surface area contributed by atoms with Gasteiger partial charge in [-0.1, -0.05) is 6.92 Å². The Morgan fingerprint density at radius 2 is 2.05 bits per heavy atom. The lowest BCUT2D eigenvalue weighted by Gasteiger charge is -2.22. The van der Waals surface area contributed by atoms with Gasteiger partial charge in [-0.05, 0) is 50.2 Å². The fourth-order valence-corrected chi connectivity index (χ4v) is 2.69. The van der Waals surface area contributed by atoms with Gasteiger partial charge in [-0.15, -0.1) is 0 Å². The molecule has 0 unspecified atom stereocenters. The van der Waals surface area contributed by atoms with E-state index >= 15 is 0 Å². The number of rotatable bonds is 4. The van der Waals surface area contributed by atoms with Gasteiger partial charge in [0.2, 0.25) is 0 Å². The Balaban J connectivity index is 2.45. The first-order valence-corrected chi connectivity index (χ1v) is 7.04. The van der Waals surface area contributed by atoms with Gasteiger partial charge in [-0.2, -0.15) is 5.26 Å². The van der Waals surface area contributed by atoms with Crippen LogP contribution in [0.2, 0.25) is 0 Å². The molecule has 1 heterocycles. The summed E-state index contributed by atoms with van der Waals surface area (Å²) in [6, 6.07) is 2.29. The molecule has 4 nitrogen and oxygen atoms in total. The zero-order valence-electron chi connectivity index (χ0n) is 11.7. The molecule has 1 aromatic rings. The summed E-state index contributed by atoms with van der Waals surface area (Å²) in [6.45, 7) is 4.24. The Morgan fingerprint density at radius 3 is 2.63 bits per heavy atom. The summed E-state index contributed by atoms with van der Waals surface area (Å²) in [7, 11) is 0. The highest BCUT2D eigenvalue weighted by molar-refractivity contribution is 5.60. The van der Waals surface area contributed by atoms with E-state index in [2.05, 4.69) is 23.3 Å². The minimum Gasteiger partial charge on any atom is -0.392 e. The number of anilines is 1. The second-order valence-corrected chi connectivity index (χ2v) is 5.14. The fraction of sp³-hybridized carbons (Fsp3) is 0.600. The predicted octanol–water partition coefficient (Wildman–Crippen LogP) is 2.19. The first kappa shape index (κ1) is 13.8. The van der Waals surface area contributed by atoms with Gasteiger partial charge in [0.15, 0.2) is 0 Å². The van der Waals surface area contributed by atoms with Crippen LogP contribution >= 0.6 is 0 Å². The van der Waals surface area contributed by atoms with Gasteiger partial charge in [0.05, 0.1) is 11.7 Å². The number of aromatic nitrogens is 1. The highest BCUT2D eigenvalue weighted by atomic mass is 16.3. The normalized spacial score (nSPS) is 15.5. The first-order valence-electron chi connectivity index (χ1n) is 7.04. The number of hydrogen-bond acceptors (Lipinski definition) is 4. The minimum atomic E-state index is -0.450. The number of nitrogens with zero attached hydrogens (tertiary/aromatic N) is 2. The van der Waals surface area contributed by atoms with E-state index in [0.29, 0.717) is 17.9 Å². The summed E-state index contributed by atoms with van der Waals surface area (Å²) < 4.78 is 0. The molecule has 0 radical (unpaired) electrons. The van der Waals surface area contributed by atoms with Crippen LogP contribution in [-0.2, 0) is 19.3 Å². The second-order valence-electron chi connectivity index (χ2n) is 5.14.